The van der Waals surface area contributed by atoms with Crippen LogP contribution < -0.4 is 10.2 Å². The summed E-state index contributed by atoms with van der Waals surface area (Å²) in [5.74, 6) is -0.327. The van der Waals surface area contributed by atoms with Crippen molar-refractivity contribution >= 4 is 40.0 Å². The van der Waals surface area contributed by atoms with Crippen molar-refractivity contribution in [2.75, 3.05) is 4.90 Å². The fraction of sp³-hybridized carbons (Fsp3) is 0.250. The fourth-order valence-electron chi connectivity index (χ4n) is 5.17. The van der Waals surface area contributed by atoms with Gasteiger partial charge in [0.2, 0.25) is 11.8 Å². The number of hydrogen-bond acceptors (Lipinski definition) is 3. The van der Waals surface area contributed by atoms with Crippen LogP contribution in [0.25, 0.3) is 16.6 Å². The van der Waals surface area contributed by atoms with E-state index in [9.17, 15) is 14.0 Å². The second-order valence-electron chi connectivity index (χ2n) is 9.49. The van der Waals surface area contributed by atoms with Crippen LogP contribution in [0.1, 0.15) is 37.3 Å². The summed E-state index contributed by atoms with van der Waals surface area (Å²) in [5, 5.41) is 9.05. The molecule has 0 unspecified atom stereocenters. The van der Waals surface area contributed by atoms with Crippen molar-refractivity contribution in [3.63, 3.8) is 0 Å². The molecule has 0 spiro atoms. The van der Waals surface area contributed by atoms with Crippen LogP contribution in [0.5, 0.6) is 0 Å². The number of nitrogens with one attached hydrogen (secondary N) is 1. The van der Waals surface area contributed by atoms with E-state index < -0.39 is 0 Å². The molecule has 36 heavy (non-hydrogen) atoms. The van der Waals surface area contributed by atoms with Crippen molar-refractivity contribution in [1.29, 1.82) is 0 Å². The average molecular weight is 503 g/mol. The van der Waals surface area contributed by atoms with Gasteiger partial charge >= 0.3 is 0 Å². The van der Waals surface area contributed by atoms with E-state index in [1.54, 1.807) is 34.0 Å². The second-order valence-corrected chi connectivity index (χ2v) is 9.92. The van der Waals surface area contributed by atoms with Crippen LogP contribution >= 0.6 is 11.6 Å². The van der Waals surface area contributed by atoms with E-state index in [4.69, 9.17) is 11.6 Å². The van der Waals surface area contributed by atoms with E-state index in [1.807, 2.05) is 36.4 Å². The highest BCUT2D eigenvalue weighted by Crippen LogP contribution is 2.40. The molecule has 182 valence electrons. The van der Waals surface area contributed by atoms with Gasteiger partial charge in [0.1, 0.15) is 5.82 Å². The van der Waals surface area contributed by atoms with Crippen LogP contribution in [0.4, 0.5) is 10.1 Å². The van der Waals surface area contributed by atoms with Gasteiger partial charge in [0, 0.05) is 28.4 Å². The molecule has 2 fully saturated rings. The number of carbonyl (C=O) groups excluding carboxylic acids is 2. The van der Waals surface area contributed by atoms with Crippen LogP contribution in [0.3, 0.4) is 0 Å². The maximum Gasteiger partial charge on any atom is 0.229 e. The molecule has 2 atom stereocenters. The molecule has 8 heteroatoms. The summed E-state index contributed by atoms with van der Waals surface area (Å²) in [4.78, 5) is 27.9. The number of carbonyl (C=O) groups is 2. The highest BCUT2D eigenvalue weighted by molar-refractivity contribution is 6.30. The zero-order valence-electron chi connectivity index (χ0n) is 19.4. The molecule has 0 bridgehead atoms. The summed E-state index contributed by atoms with van der Waals surface area (Å²) in [6, 6.07) is 18.6. The van der Waals surface area contributed by atoms with Gasteiger partial charge in [-0.05, 0) is 73.0 Å². The molecule has 1 aliphatic carbocycles. The van der Waals surface area contributed by atoms with Gasteiger partial charge in [-0.15, -0.1) is 0 Å². The van der Waals surface area contributed by atoms with Crippen molar-refractivity contribution in [2.45, 2.75) is 37.8 Å². The highest BCUT2D eigenvalue weighted by Gasteiger charge is 2.43. The summed E-state index contributed by atoms with van der Waals surface area (Å²) < 4.78 is 15.1. The molecule has 1 aliphatic heterocycles. The highest BCUT2D eigenvalue weighted by atomic mass is 35.5. The monoisotopic (exact) mass is 502 g/mol. The Hall–Kier alpha value is -3.71. The van der Waals surface area contributed by atoms with E-state index >= 15 is 0 Å². The number of hydrogen-bond donors (Lipinski definition) is 1. The first-order valence-electron chi connectivity index (χ1n) is 12.1. The van der Waals surface area contributed by atoms with E-state index in [0.717, 1.165) is 47.1 Å². The molecule has 1 saturated carbocycles. The van der Waals surface area contributed by atoms with Crippen LogP contribution in [0, 0.1) is 11.7 Å². The Morgan fingerprint density at radius 2 is 1.81 bits per heavy atom. The lowest BCUT2D eigenvalue weighted by atomic mass is 9.84. The van der Waals surface area contributed by atoms with Crippen molar-refractivity contribution in [3.8, 4) is 5.69 Å². The molecule has 6 rings (SSSR count). The minimum absolute atomic E-state index is 0.0176. The van der Waals surface area contributed by atoms with Crippen molar-refractivity contribution < 1.29 is 14.0 Å². The normalized spacial score (nSPS) is 20.1. The third-order valence-corrected chi connectivity index (χ3v) is 7.45. The smallest absolute Gasteiger partial charge is 0.229 e. The summed E-state index contributed by atoms with van der Waals surface area (Å²) in [6.45, 7) is 0. The number of amides is 2. The minimum Gasteiger partial charge on any atom is -0.350 e. The van der Waals surface area contributed by atoms with Gasteiger partial charge in [0.15, 0.2) is 0 Å². The zero-order valence-corrected chi connectivity index (χ0v) is 20.2. The fourth-order valence-corrected chi connectivity index (χ4v) is 5.37. The molecule has 1 N–H and O–H groups in total. The molecule has 1 aromatic heterocycles. The van der Waals surface area contributed by atoms with Crippen LogP contribution in [0.15, 0.2) is 72.9 Å². The van der Waals surface area contributed by atoms with Crippen LogP contribution in [0.2, 0.25) is 5.02 Å². The van der Waals surface area contributed by atoms with Gasteiger partial charge in [0.25, 0.3) is 0 Å². The van der Waals surface area contributed by atoms with E-state index in [2.05, 4.69) is 10.4 Å². The van der Waals surface area contributed by atoms with Gasteiger partial charge in [-0.1, -0.05) is 30.2 Å². The van der Waals surface area contributed by atoms with E-state index in [-0.39, 0.29) is 42.1 Å². The molecule has 2 aliphatic rings. The first-order valence-corrected chi connectivity index (χ1v) is 12.5. The third-order valence-electron chi connectivity index (χ3n) is 7.22. The molecule has 4 aromatic rings. The maximum absolute atomic E-state index is 13.4. The van der Waals surface area contributed by atoms with E-state index in [1.165, 1.54) is 12.1 Å². The molecule has 3 aromatic carbocycles. The third kappa shape index (κ3) is 4.03. The Balaban J connectivity index is 1.37. The Morgan fingerprint density at radius 3 is 2.53 bits per heavy atom. The largest absolute Gasteiger partial charge is 0.350 e. The lowest BCUT2D eigenvalue weighted by molar-refractivity contribution is -0.128. The van der Waals surface area contributed by atoms with Crippen molar-refractivity contribution in [1.82, 2.24) is 15.1 Å². The van der Waals surface area contributed by atoms with Gasteiger partial charge in [-0.25, -0.2) is 9.07 Å². The molecule has 0 radical (unpaired) electrons. The molecule has 1 saturated heterocycles. The Labute approximate surface area is 212 Å². The molecular weight excluding hydrogens is 479 g/mol. The SMILES string of the molecule is O=C(N[C@H]1CC(=O)N(c2ccc3c(cnn3-c3ccc(F)cc3)c2)[C@@H]1c1cccc(Cl)c1)C1CCC1. The van der Waals surface area contributed by atoms with Crippen molar-refractivity contribution in [3.05, 3.63) is 89.3 Å². The summed E-state index contributed by atoms with van der Waals surface area (Å²) in [7, 11) is 0. The lowest BCUT2D eigenvalue weighted by Crippen LogP contribution is -2.44. The van der Waals surface area contributed by atoms with Crippen LogP contribution in [-0.2, 0) is 9.59 Å². The van der Waals surface area contributed by atoms with Gasteiger partial charge in [0.05, 0.1) is 29.5 Å². The predicted octanol–water partition coefficient (Wildman–Crippen LogP) is 5.58. The van der Waals surface area contributed by atoms with Gasteiger partial charge in [-0.2, -0.15) is 5.10 Å². The Bertz CT molecular complexity index is 1460. The predicted molar refractivity (Wildman–Crippen MR) is 137 cm³/mol. The summed E-state index contributed by atoms with van der Waals surface area (Å²) in [5.41, 5.74) is 3.17. The number of aromatic nitrogens is 2. The molecule has 6 nitrogen and oxygen atoms in total. The molecular formula is C28H24ClFN4O2. The number of benzene rings is 3. The van der Waals surface area contributed by atoms with Gasteiger partial charge in [-0.3, -0.25) is 9.59 Å². The second kappa shape index (κ2) is 9.06. The average Bonchev–Trinajstić information content (AvgIpc) is 3.38. The number of fused-ring (bicyclic) bond motifs is 1. The molecule has 2 amide bonds. The zero-order chi connectivity index (χ0) is 24.8. The van der Waals surface area contributed by atoms with E-state index in [0.29, 0.717) is 5.02 Å². The topological polar surface area (TPSA) is 67.2 Å². The Morgan fingerprint density at radius 1 is 1.03 bits per heavy atom. The Kier molecular flexibility index (Phi) is 5.72. The lowest BCUT2D eigenvalue weighted by Gasteiger charge is -2.31. The first kappa shape index (κ1) is 22.7. The number of anilines is 1. The van der Waals surface area contributed by atoms with Gasteiger partial charge < -0.3 is 10.2 Å². The number of nitrogens with zero attached hydrogens (tertiary/aromatic N) is 3. The number of halogens is 2. The summed E-state index contributed by atoms with van der Waals surface area (Å²) >= 11 is 6.31. The summed E-state index contributed by atoms with van der Waals surface area (Å²) in [6.07, 6.45) is 4.80. The molecule has 2 heterocycles. The first-order chi connectivity index (χ1) is 17.5. The quantitative estimate of drug-likeness (QED) is 0.387. The van der Waals surface area contributed by atoms with Crippen LogP contribution in [-0.4, -0.2) is 27.6 Å². The number of rotatable bonds is 5. The maximum atomic E-state index is 13.4. The standard InChI is InChI=1S/C28H24ClFN4O2/c29-20-6-2-5-18(13-20)27-24(32-28(36)17-3-1-4-17)15-26(35)33(27)23-11-12-25-19(14-23)16-31-34(25)22-9-7-21(30)8-10-22/h2,5-14,16-17,24,27H,1,3-4,15H2,(H,32,36)/t24-,27+/m0/s1. The minimum atomic E-state index is -0.384. The van der Waals surface area contributed by atoms with Crippen molar-refractivity contribution in [2.24, 2.45) is 5.92 Å².